The Kier molecular flexibility index (Phi) is 3.93. The largest absolute Gasteiger partial charge is 0.481 e. The fourth-order valence-corrected chi connectivity index (χ4v) is 2.98. The summed E-state index contributed by atoms with van der Waals surface area (Å²) in [7, 11) is 0. The number of anilines is 1. The summed E-state index contributed by atoms with van der Waals surface area (Å²) in [6, 6.07) is 0. The van der Waals surface area contributed by atoms with E-state index >= 15 is 0 Å². The fraction of sp³-hybridized carbons (Fsp3) is 0.727. The molecule has 0 amide bonds. The quantitative estimate of drug-likeness (QED) is 0.845. The van der Waals surface area contributed by atoms with Gasteiger partial charge in [0.15, 0.2) is 0 Å². The smallest absolute Gasteiger partial charge is 0.303 e. The number of hydrogen-bond donors (Lipinski definition) is 2. The second-order valence-corrected chi connectivity index (χ2v) is 5.51. The predicted molar refractivity (Wildman–Crippen MR) is 66.2 cm³/mol. The summed E-state index contributed by atoms with van der Waals surface area (Å²) in [6.45, 7) is 0.689. The van der Waals surface area contributed by atoms with Crippen molar-refractivity contribution in [1.82, 2.24) is 9.36 Å². The molecule has 1 aromatic rings. The Balaban J connectivity index is 1.97. The van der Waals surface area contributed by atoms with Crippen molar-refractivity contribution in [3.63, 3.8) is 0 Å². The maximum absolute atomic E-state index is 11.0. The highest BCUT2D eigenvalue weighted by Gasteiger charge is 2.34. The number of aromatic nitrogens is 2. The number of nitrogens with one attached hydrogen (secondary N) is 1. The van der Waals surface area contributed by atoms with Crippen LogP contribution >= 0.6 is 11.5 Å². The lowest BCUT2D eigenvalue weighted by atomic mass is 9.72. The highest BCUT2D eigenvalue weighted by atomic mass is 32.1. The first kappa shape index (κ1) is 12.3. The Morgan fingerprint density at radius 1 is 1.47 bits per heavy atom. The van der Waals surface area contributed by atoms with Crippen LogP contribution in [-0.4, -0.2) is 27.0 Å². The first-order valence-corrected chi connectivity index (χ1v) is 6.70. The van der Waals surface area contributed by atoms with Gasteiger partial charge >= 0.3 is 5.97 Å². The summed E-state index contributed by atoms with van der Waals surface area (Å²) < 4.78 is 3.92. The van der Waals surface area contributed by atoms with E-state index in [1.165, 1.54) is 24.3 Å². The fourth-order valence-electron chi connectivity index (χ4n) is 2.55. The van der Waals surface area contributed by atoms with E-state index in [9.17, 15) is 4.79 Å². The molecule has 0 radical (unpaired) electrons. The van der Waals surface area contributed by atoms with Crippen molar-refractivity contribution in [2.24, 2.45) is 5.41 Å². The molecule has 1 aromatic heterocycles. The summed E-state index contributed by atoms with van der Waals surface area (Å²) in [4.78, 5) is 15.0. The molecule has 0 spiro atoms. The first-order chi connectivity index (χ1) is 8.20. The summed E-state index contributed by atoms with van der Waals surface area (Å²) in [5.74, 6) is -0.703. The molecular weight excluding hydrogens is 238 g/mol. The van der Waals surface area contributed by atoms with Crippen molar-refractivity contribution in [3.8, 4) is 0 Å². The number of hydrogen-bond acceptors (Lipinski definition) is 5. The van der Waals surface area contributed by atoms with E-state index in [-0.39, 0.29) is 11.8 Å². The van der Waals surface area contributed by atoms with Crippen LogP contribution in [0.15, 0.2) is 6.33 Å². The number of aliphatic carboxylic acids is 1. The third kappa shape index (κ3) is 3.39. The second kappa shape index (κ2) is 5.44. The van der Waals surface area contributed by atoms with Crippen LogP contribution in [-0.2, 0) is 4.79 Å². The van der Waals surface area contributed by atoms with Crippen molar-refractivity contribution in [2.45, 2.75) is 38.5 Å². The molecule has 94 valence electrons. The third-order valence-corrected chi connectivity index (χ3v) is 4.04. The first-order valence-electron chi connectivity index (χ1n) is 5.93. The van der Waals surface area contributed by atoms with E-state index in [1.54, 1.807) is 0 Å². The number of nitrogens with zero attached hydrogens (tertiary/aromatic N) is 2. The van der Waals surface area contributed by atoms with Gasteiger partial charge in [-0.25, -0.2) is 4.98 Å². The molecule has 0 atom stereocenters. The van der Waals surface area contributed by atoms with E-state index < -0.39 is 5.97 Å². The van der Waals surface area contributed by atoms with Gasteiger partial charge in [-0.05, 0) is 18.3 Å². The average molecular weight is 255 g/mol. The monoisotopic (exact) mass is 255 g/mol. The van der Waals surface area contributed by atoms with Gasteiger partial charge in [-0.1, -0.05) is 19.3 Å². The van der Waals surface area contributed by atoms with Crippen molar-refractivity contribution in [1.29, 1.82) is 0 Å². The van der Waals surface area contributed by atoms with Gasteiger partial charge in [0, 0.05) is 18.1 Å². The lowest BCUT2D eigenvalue weighted by molar-refractivity contribution is -0.140. The minimum absolute atomic E-state index is 0.101. The number of carbonyl (C=O) groups is 1. The maximum Gasteiger partial charge on any atom is 0.303 e. The van der Waals surface area contributed by atoms with Gasteiger partial charge in [0.05, 0.1) is 6.42 Å². The van der Waals surface area contributed by atoms with Crippen molar-refractivity contribution in [3.05, 3.63) is 6.33 Å². The lowest BCUT2D eigenvalue weighted by Gasteiger charge is -2.36. The summed E-state index contributed by atoms with van der Waals surface area (Å²) in [5, 5.41) is 13.0. The zero-order chi connectivity index (χ0) is 12.1. The molecule has 0 aliphatic heterocycles. The van der Waals surface area contributed by atoms with Crippen LogP contribution in [0, 0.1) is 5.41 Å². The normalized spacial score (nSPS) is 18.8. The van der Waals surface area contributed by atoms with Crippen molar-refractivity contribution >= 4 is 22.6 Å². The predicted octanol–water partition coefficient (Wildman–Crippen LogP) is 2.38. The minimum atomic E-state index is -0.703. The molecule has 2 N–H and O–H groups in total. The van der Waals surface area contributed by atoms with Crippen LogP contribution in [0.5, 0.6) is 0 Å². The molecule has 5 nitrogen and oxygen atoms in total. The molecule has 1 heterocycles. The Bertz CT molecular complexity index is 361. The van der Waals surface area contributed by atoms with Crippen molar-refractivity contribution < 1.29 is 9.90 Å². The van der Waals surface area contributed by atoms with Crippen molar-refractivity contribution in [2.75, 3.05) is 11.9 Å². The van der Waals surface area contributed by atoms with Crippen LogP contribution in [0.4, 0.5) is 5.13 Å². The summed E-state index contributed by atoms with van der Waals surface area (Å²) >= 11 is 1.31. The Labute approximate surface area is 104 Å². The van der Waals surface area contributed by atoms with E-state index in [4.69, 9.17) is 5.11 Å². The molecule has 17 heavy (non-hydrogen) atoms. The number of rotatable bonds is 5. The molecule has 2 rings (SSSR count). The van der Waals surface area contributed by atoms with Gasteiger partial charge in [-0.3, -0.25) is 4.79 Å². The van der Waals surface area contributed by atoms with Gasteiger partial charge in [-0.15, -0.1) is 0 Å². The molecule has 0 aromatic carbocycles. The molecule has 0 bridgehead atoms. The van der Waals surface area contributed by atoms with Gasteiger partial charge in [0.25, 0.3) is 0 Å². The molecule has 1 fully saturated rings. The molecule has 1 saturated carbocycles. The Morgan fingerprint density at radius 2 is 2.24 bits per heavy atom. The standard InChI is InChI=1S/C11H17N3O2S/c15-9(16)6-11(4-2-1-3-5-11)7-12-10-13-8-14-17-10/h8H,1-7H2,(H,15,16)(H,12,13,14). The van der Waals surface area contributed by atoms with Crippen LogP contribution in [0.25, 0.3) is 0 Å². The van der Waals surface area contributed by atoms with E-state index in [2.05, 4.69) is 14.7 Å². The Hall–Kier alpha value is -1.17. The van der Waals surface area contributed by atoms with Gasteiger partial charge in [0.2, 0.25) is 5.13 Å². The molecule has 6 heteroatoms. The zero-order valence-corrected chi connectivity index (χ0v) is 10.5. The van der Waals surface area contributed by atoms with Gasteiger partial charge < -0.3 is 10.4 Å². The highest BCUT2D eigenvalue weighted by molar-refractivity contribution is 7.09. The maximum atomic E-state index is 11.0. The van der Waals surface area contributed by atoms with E-state index in [1.807, 2.05) is 0 Å². The van der Waals surface area contributed by atoms with Gasteiger partial charge in [0.1, 0.15) is 6.33 Å². The molecule has 0 unspecified atom stereocenters. The average Bonchev–Trinajstić information content (AvgIpc) is 2.80. The topological polar surface area (TPSA) is 75.1 Å². The molecular formula is C11H17N3O2S. The highest BCUT2D eigenvalue weighted by Crippen LogP contribution is 2.39. The summed E-state index contributed by atoms with van der Waals surface area (Å²) in [5.41, 5.74) is -0.101. The lowest BCUT2D eigenvalue weighted by Crippen LogP contribution is -2.34. The molecule has 0 saturated heterocycles. The minimum Gasteiger partial charge on any atom is -0.481 e. The van der Waals surface area contributed by atoms with E-state index in [0.29, 0.717) is 6.54 Å². The summed E-state index contributed by atoms with van der Waals surface area (Å²) in [6.07, 6.45) is 7.23. The van der Waals surface area contributed by atoms with Crippen LogP contribution < -0.4 is 5.32 Å². The molecule has 1 aliphatic carbocycles. The number of carboxylic acids is 1. The van der Waals surface area contributed by atoms with Crippen LogP contribution in [0.2, 0.25) is 0 Å². The molecule has 1 aliphatic rings. The third-order valence-electron chi connectivity index (χ3n) is 3.42. The second-order valence-electron chi connectivity index (χ2n) is 4.73. The SMILES string of the molecule is O=C(O)CC1(CNc2ncns2)CCCCC1. The van der Waals surface area contributed by atoms with Gasteiger partial charge in [-0.2, -0.15) is 4.37 Å². The zero-order valence-electron chi connectivity index (χ0n) is 9.69. The van der Waals surface area contributed by atoms with Crippen LogP contribution in [0.3, 0.4) is 0 Å². The Morgan fingerprint density at radius 3 is 2.82 bits per heavy atom. The number of carboxylic acid groups (broad SMARTS) is 1. The van der Waals surface area contributed by atoms with E-state index in [0.717, 1.165) is 30.8 Å². The van der Waals surface area contributed by atoms with Crippen LogP contribution in [0.1, 0.15) is 38.5 Å².